The summed E-state index contributed by atoms with van der Waals surface area (Å²) in [5, 5.41) is 14.3. The van der Waals surface area contributed by atoms with Crippen LogP contribution in [-0.4, -0.2) is 30.2 Å². The van der Waals surface area contributed by atoms with E-state index in [9.17, 15) is 0 Å². The number of aromatic nitrogens is 6. The molecule has 0 spiro atoms. The van der Waals surface area contributed by atoms with Crippen molar-refractivity contribution in [2.24, 2.45) is 0 Å². The zero-order valence-electron chi connectivity index (χ0n) is 11.9. The van der Waals surface area contributed by atoms with Crippen LogP contribution < -0.4 is 0 Å². The van der Waals surface area contributed by atoms with Crippen molar-refractivity contribution in [3.05, 3.63) is 17.0 Å². The van der Waals surface area contributed by atoms with E-state index in [1.54, 1.807) is 0 Å². The zero-order valence-corrected chi connectivity index (χ0v) is 13.4. The summed E-state index contributed by atoms with van der Waals surface area (Å²) in [7, 11) is 0. The summed E-state index contributed by atoms with van der Waals surface area (Å²) in [4.78, 5) is 8.43. The normalized spacial score (nSPS) is 15.7. The molecule has 2 aromatic rings. The first-order valence-corrected chi connectivity index (χ1v) is 8.44. The van der Waals surface area contributed by atoms with Gasteiger partial charge in [0.2, 0.25) is 5.16 Å². The summed E-state index contributed by atoms with van der Waals surface area (Å²) < 4.78 is 1.93. The van der Waals surface area contributed by atoms with E-state index in [4.69, 9.17) is 11.6 Å². The summed E-state index contributed by atoms with van der Waals surface area (Å²) in [5.74, 6) is 0. The largest absolute Gasteiger partial charge is 0.229 e. The second-order valence-electron chi connectivity index (χ2n) is 5.14. The van der Waals surface area contributed by atoms with Gasteiger partial charge < -0.3 is 0 Å². The number of hydrogen-bond donors (Lipinski definition) is 0. The van der Waals surface area contributed by atoms with E-state index in [0.717, 1.165) is 41.4 Å². The fourth-order valence-corrected chi connectivity index (χ4v) is 3.88. The van der Waals surface area contributed by atoms with Crippen molar-refractivity contribution >= 4 is 23.4 Å². The lowest BCUT2D eigenvalue weighted by Gasteiger charge is -2.12. The van der Waals surface area contributed by atoms with E-state index in [1.165, 1.54) is 30.9 Å². The maximum absolute atomic E-state index is 6.19. The number of tetrazole rings is 1. The molecule has 3 rings (SSSR count). The summed E-state index contributed by atoms with van der Waals surface area (Å²) in [5.41, 5.74) is 0.979. The minimum atomic E-state index is 0.412. The molecule has 21 heavy (non-hydrogen) atoms. The highest BCUT2D eigenvalue weighted by Gasteiger charge is 2.23. The van der Waals surface area contributed by atoms with E-state index >= 15 is 0 Å². The quantitative estimate of drug-likeness (QED) is 0.786. The van der Waals surface area contributed by atoms with Crippen LogP contribution in [0, 0.1) is 0 Å². The lowest BCUT2D eigenvalue weighted by molar-refractivity contribution is 0.423. The molecule has 112 valence electrons. The van der Waals surface area contributed by atoms with Crippen LogP contribution in [0.15, 0.2) is 16.5 Å². The fraction of sp³-hybridized carbons (Fsp3) is 0.615. The molecule has 0 aromatic carbocycles. The first kappa shape index (κ1) is 14.7. The molecule has 2 aromatic heterocycles. The standard InChI is InChI=1S/C13H17ClN6S/c1-2-5-10-11(14)15-8-16-12(10)21-13-17-18-19-20(13)9-6-3-4-7-9/h8-9H,2-7H2,1H3. The topological polar surface area (TPSA) is 69.4 Å². The van der Waals surface area contributed by atoms with Gasteiger partial charge in [0.25, 0.3) is 0 Å². The number of nitrogens with zero attached hydrogens (tertiary/aromatic N) is 6. The highest BCUT2D eigenvalue weighted by molar-refractivity contribution is 7.99. The molecule has 0 atom stereocenters. The molecule has 0 aliphatic heterocycles. The van der Waals surface area contributed by atoms with Crippen molar-refractivity contribution in [2.45, 2.75) is 61.7 Å². The van der Waals surface area contributed by atoms with E-state index in [1.807, 2.05) is 4.68 Å². The monoisotopic (exact) mass is 324 g/mol. The number of rotatable bonds is 5. The van der Waals surface area contributed by atoms with E-state index in [-0.39, 0.29) is 0 Å². The Hall–Kier alpha value is -1.21. The van der Waals surface area contributed by atoms with E-state index in [2.05, 4.69) is 32.4 Å². The lowest BCUT2D eigenvalue weighted by atomic mass is 10.2. The third-order valence-electron chi connectivity index (χ3n) is 3.67. The molecule has 1 saturated carbocycles. The molecule has 0 unspecified atom stereocenters. The Kier molecular flexibility index (Phi) is 4.70. The third kappa shape index (κ3) is 3.18. The highest BCUT2D eigenvalue weighted by atomic mass is 35.5. The predicted molar refractivity (Wildman–Crippen MR) is 80.5 cm³/mol. The molecular weight excluding hydrogens is 308 g/mol. The molecule has 0 bridgehead atoms. The van der Waals surface area contributed by atoms with Crippen molar-refractivity contribution in [3.63, 3.8) is 0 Å². The van der Waals surface area contributed by atoms with Crippen LogP contribution in [0.25, 0.3) is 0 Å². The van der Waals surface area contributed by atoms with Gasteiger partial charge in [0.1, 0.15) is 16.5 Å². The van der Waals surface area contributed by atoms with Crippen LogP contribution in [-0.2, 0) is 6.42 Å². The first-order chi connectivity index (χ1) is 10.3. The predicted octanol–water partition coefficient (Wildman–Crippen LogP) is 3.34. The smallest absolute Gasteiger partial charge is 0.215 e. The second-order valence-corrected chi connectivity index (χ2v) is 6.46. The minimum absolute atomic E-state index is 0.412. The summed E-state index contributed by atoms with van der Waals surface area (Å²) in [6.07, 6.45) is 8.12. The van der Waals surface area contributed by atoms with Gasteiger partial charge in [-0.25, -0.2) is 14.6 Å². The van der Waals surface area contributed by atoms with Gasteiger partial charge in [0.15, 0.2) is 0 Å². The van der Waals surface area contributed by atoms with E-state index in [0.29, 0.717) is 11.2 Å². The van der Waals surface area contributed by atoms with Gasteiger partial charge in [-0.05, 0) is 41.5 Å². The molecular formula is C13H17ClN6S. The van der Waals surface area contributed by atoms with Crippen LogP contribution in [0.5, 0.6) is 0 Å². The van der Waals surface area contributed by atoms with Gasteiger partial charge in [-0.15, -0.1) is 5.10 Å². The van der Waals surface area contributed by atoms with Crippen molar-refractivity contribution in [3.8, 4) is 0 Å². The molecule has 0 amide bonds. The second kappa shape index (κ2) is 6.70. The molecule has 0 saturated heterocycles. The summed E-state index contributed by atoms with van der Waals surface area (Å²) >= 11 is 7.67. The van der Waals surface area contributed by atoms with Crippen LogP contribution in [0.3, 0.4) is 0 Å². The first-order valence-electron chi connectivity index (χ1n) is 7.24. The van der Waals surface area contributed by atoms with Crippen LogP contribution in [0.2, 0.25) is 5.15 Å². The maximum Gasteiger partial charge on any atom is 0.215 e. The fourth-order valence-electron chi connectivity index (χ4n) is 2.64. The van der Waals surface area contributed by atoms with Crippen molar-refractivity contribution in [2.75, 3.05) is 0 Å². The molecule has 2 heterocycles. The number of halogens is 1. The Labute approximate surface area is 132 Å². The van der Waals surface area contributed by atoms with Gasteiger partial charge >= 0.3 is 0 Å². The van der Waals surface area contributed by atoms with Gasteiger partial charge in [-0.1, -0.05) is 37.8 Å². The van der Waals surface area contributed by atoms with Gasteiger partial charge in [0, 0.05) is 5.56 Å². The van der Waals surface area contributed by atoms with Crippen molar-refractivity contribution < 1.29 is 0 Å². The van der Waals surface area contributed by atoms with Crippen molar-refractivity contribution in [1.29, 1.82) is 0 Å². The Morgan fingerprint density at radius 3 is 2.90 bits per heavy atom. The van der Waals surface area contributed by atoms with Crippen LogP contribution in [0.4, 0.5) is 0 Å². The van der Waals surface area contributed by atoms with Crippen molar-refractivity contribution in [1.82, 2.24) is 30.2 Å². The number of hydrogen-bond acceptors (Lipinski definition) is 6. The molecule has 0 radical (unpaired) electrons. The van der Waals surface area contributed by atoms with Gasteiger partial charge in [-0.2, -0.15) is 0 Å². The molecule has 1 fully saturated rings. The van der Waals surface area contributed by atoms with Crippen LogP contribution >= 0.6 is 23.4 Å². The minimum Gasteiger partial charge on any atom is -0.229 e. The average molecular weight is 325 g/mol. The molecule has 8 heteroatoms. The molecule has 1 aliphatic carbocycles. The average Bonchev–Trinajstić information content (AvgIpc) is 3.13. The van der Waals surface area contributed by atoms with Gasteiger partial charge in [0.05, 0.1) is 6.04 Å². The molecule has 0 N–H and O–H groups in total. The Morgan fingerprint density at radius 1 is 1.33 bits per heavy atom. The lowest BCUT2D eigenvalue weighted by Crippen LogP contribution is -2.08. The Bertz CT molecular complexity index is 610. The molecule has 1 aliphatic rings. The summed E-state index contributed by atoms with van der Waals surface area (Å²) in [6, 6.07) is 0.412. The van der Waals surface area contributed by atoms with Crippen LogP contribution in [0.1, 0.15) is 50.6 Å². The zero-order chi connectivity index (χ0) is 14.7. The third-order valence-corrected chi connectivity index (χ3v) is 5.00. The highest BCUT2D eigenvalue weighted by Crippen LogP contribution is 2.35. The molecule has 6 nitrogen and oxygen atoms in total. The maximum atomic E-state index is 6.19. The Balaban J connectivity index is 1.87. The summed E-state index contributed by atoms with van der Waals surface area (Å²) in [6.45, 7) is 2.11. The van der Waals surface area contributed by atoms with Gasteiger partial charge in [-0.3, -0.25) is 0 Å². The Morgan fingerprint density at radius 2 is 2.14 bits per heavy atom. The SMILES string of the molecule is CCCc1c(Cl)ncnc1Sc1nnnn1C1CCCC1. The van der Waals surface area contributed by atoms with E-state index < -0.39 is 0 Å².